The Bertz CT molecular complexity index is 539. The first kappa shape index (κ1) is 15.6. The molecule has 0 aliphatic carbocycles. The number of hydrogen-bond donors (Lipinski definition) is 2. The van der Waals surface area contributed by atoms with Gasteiger partial charge < -0.3 is 20.5 Å². The average molecular weight is 277 g/mol. The molecule has 0 spiro atoms. The van der Waals surface area contributed by atoms with E-state index in [4.69, 9.17) is 15.2 Å². The third-order valence-electron chi connectivity index (χ3n) is 2.02. The van der Waals surface area contributed by atoms with E-state index >= 15 is 0 Å². The fourth-order valence-corrected chi connectivity index (χ4v) is 1.28. The molecule has 3 N–H and O–H groups in total. The van der Waals surface area contributed by atoms with Crippen LogP contribution in [0, 0.1) is 11.8 Å². The summed E-state index contributed by atoms with van der Waals surface area (Å²) in [7, 11) is 1.49. The number of alkyl carbamates (subject to hydrolysis) is 1. The minimum atomic E-state index is -0.522. The number of nitrogens with zero attached hydrogens (tertiary/aromatic N) is 1. The zero-order chi connectivity index (χ0) is 15.2. The van der Waals surface area contributed by atoms with E-state index in [1.807, 2.05) is 0 Å². The molecule has 0 saturated carbocycles. The molecule has 108 valence electrons. The first-order valence-corrected chi connectivity index (χ1v) is 6.07. The highest BCUT2D eigenvalue weighted by Crippen LogP contribution is 2.17. The van der Waals surface area contributed by atoms with Gasteiger partial charge in [-0.3, -0.25) is 0 Å². The van der Waals surface area contributed by atoms with Crippen LogP contribution in [0.5, 0.6) is 5.88 Å². The highest BCUT2D eigenvalue weighted by molar-refractivity contribution is 5.68. The van der Waals surface area contributed by atoms with Crippen molar-refractivity contribution in [1.29, 1.82) is 0 Å². The van der Waals surface area contributed by atoms with Crippen molar-refractivity contribution in [3.05, 3.63) is 17.8 Å². The number of hydrogen-bond acceptors (Lipinski definition) is 5. The van der Waals surface area contributed by atoms with Gasteiger partial charge in [-0.25, -0.2) is 9.78 Å². The van der Waals surface area contributed by atoms with E-state index in [0.717, 1.165) is 0 Å². The van der Waals surface area contributed by atoms with Crippen molar-refractivity contribution in [2.24, 2.45) is 0 Å². The zero-order valence-electron chi connectivity index (χ0n) is 12.1. The van der Waals surface area contributed by atoms with E-state index in [9.17, 15) is 4.79 Å². The molecule has 0 unspecified atom stereocenters. The molecule has 1 aromatic heterocycles. The first-order chi connectivity index (χ1) is 9.31. The standard InChI is InChI=1S/C14H19N3O3/c1-14(2,3)20-13(18)16-7-5-6-10-8-11(15)12(19-4)17-9-10/h8-9H,7,15H2,1-4H3,(H,16,18). The maximum Gasteiger partial charge on any atom is 0.408 e. The van der Waals surface area contributed by atoms with Gasteiger partial charge in [0, 0.05) is 11.8 Å². The third kappa shape index (κ3) is 5.48. The first-order valence-electron chi connectivity index (χ1n) is 6.07. The molecule has 0 aliphatic rings. The Balaban J connectivity index is 2.51. The lowest BCUT2D eigenvalue weighted by molar-refractivity contribution is 0.0535. The third-order valence-corrected chi connectivity index (χ3v) is 2.02. The number of anilines is 1. The Morgan fingerprint density at radius 1 is 1.50 bits per heavy atom. The largest absolute Gasteiger partial charge is 0.480 e. The summed E-state index contributed by atoms with van der Waals surface area (Å²) >= 11 is 0. The fraction of sp³-hybridized carbons (Fsp3) is 0.429. The van der Waals surface area contributed by atoms with E-state index < -0.39 is 11.7 Å². The molecule has 6 nitrogen and oxygen atoms in total. The molecule has 20 heavy (non-hydrogen) atoms. The van der Waals surface area contributed by atoms with Crippen LogP contribution in [0.1, 0.15) is 26.3 Å². The number of carbonyl (C=O) groups excluding carboxylic acids is 1. The van der Waals surface area contributed by atoms with E-state index in [0.29, 0.717) is 17.1 Å². The van der Waals surface area contributed by atoms with Gasteiger partial charge >= 0.3 is 6.09 Å². The molecule has 0 saturated heterocycles. The molecule has 0 atom stereocenters. The number of ether oxygens (including phenoxy) is 2. The highest BCUT2D eigenvalue weighted by Gasteiger charge is 2.14. The number of methoxy groups -OCH3 is 1. The van der Waals surface area contributed by atoms with Gasteiger partial charge in [0.2, 0.25) is 5.88 Å². The van der Waals surface area contributed by atoms with Crippen LogP contribution < -0.4 is 15.8 Å². The highest BCUT2D eigenvalue weighted by atomic mass is 16.6. The molecule has 0 aromatic carbocycles. The second kappa shape index (κ2) is 6.66. The SMILES string of the molecule is COc1ncc(C#CCNC(=O)OC(C)(C)C)cc1N. The summed E-state index contributed by atoms with van der Waals surface area (Å²) in [5.74, 6) is 5.98. The number of nitrogens with one attached hydrogen (secondary N) is 1. The second-order valence-corrected chi connectivity index (χ2v) is 4.98. The number of rotatable bonds is 2. The Kier molecular flexibility index (Phi) is 5.21. The molecular formula is C14H19N3O3. The van der Waals surface area contributed by atoms with Crippen LogP contribution in [0.2, 0.25) is 0 Å². The molecule has 1 rings (SSSR count). The lowest BCUT2D eigenvalue weighted by Crippen LogP contribution is -2.32. The van der Waals surface area contributed by atoms with Gasteiger partial charge in [0.25, 0.3) is 0 Å². The van der Waals surface area contributed by atoms with Crippen molar-refractivity contribution in [2.45, 2.75) is 26.4 Å². The van der Waals surface area contributed by atoms with Crippen LogP contribution in [0.25, 0.3) is 0 Å². The van der Waals surface area contributed by atoms with Crippen molar-refractivity contribution in [3.8, 4) is 17.7 Å². The van der Waals surface area contributed by atoms with E-state index in [2.05, 4.69) is 22.1 Å². The molecule has 1 heterocycles. The normalized spacial score (nSPS) is 10.2. The Hall–Kier alpha value is -2.42. The van der Waals surface area contributed by atoms with Gasteiger partial charge in [-0.1, -0.05) is 11.8 Å². The van der Waals surface area contributed by atoms with Crippen molar-refractivity contribution in [2.75, 3.05) is 19.4 Å². The predicted octanol–water partition coefficient (Wildman–Crippen LogP) is 1.55. The summed E-state index contributed by atoms with van der Waals surface area (Å²) in [6.45, 7) is 5.57. The summed E-state index contributed by atoms with van der Waals surface area (Å²) in [4.78, 5) is 15.4. The number of nitrogen functional groups attached to an aromatic ring is 1. The molecule has 1 aromatic rings. The van der Waals surface area contributed by atoms with Crippen LogP contribution in [0.3, 0.4) is 0 Å². The number of pyridine rings is 1. The van der Waals surface area contributed by atoms with Crippen molar-refractivity contribution in [1.82, 2.24) is 10.3 Å². The summed E-state index contributed by atoms with van der Waals surface area (Å²) < 4.78 is 10.0. The van der Waals surface area contributed by atoms with Crippen LogP contribution in [0.4, 0.5) is 10.5 Å². The Labute approximate surface area is 118 Å². The lowest BCUT2D eigenvalue weighted by atomic mass is 10.2. The molecule has 0 fully saturated rings. The second-order valence-electron chi connectivity index (χ2n) is 4.98. The summed E-state index contributed by atoms with van der Waals surface area (Å²) in [5, 5.41) is 2.54. The minimum absolute atomic E-state index is 0.181. The monoisotopic (exact) mass is 277 g/mol. The maximum absolute atomic E-state index is 11.4. The molecule has 6 heteroatoms. The quantitative estimate of drug-likeness (QED) is 0.801. The number of aromatic nitrogens is 1. The van der Waals surface area contributed by atoms with Crippen LogP contribution in [0.15, 0.2) is 12.3 Å². The molecule has 0 aliphatic heterocycles. The Morgan fingerprint density at radius 3 is 2.75 bits per heavy atom. The van der Waals surface area contributed by atoms with E-state index in [1.165, 1.54) is 7.11 Å². The van der Waals surface area contributed by atoms with Gasteiger partial charge in [0.15, 0.2) is 0 Å². The van der Waals surface area contributed by atoms with Crippen molar-refractivity contribution in [3.63, 3.8) is 0 Å². The minimum Gasteiger partial charge on any atom is -0.480 e. The zero-order valence-corrected chi connectivity index (χ0v) is 12.1. The maximum atomic E-state index is 11.4. The molecule has 1 amide bonds. The van der Waals surface area contributed by atoms with Gasteiger partial charge in [-0.2, -0.15) is 0 Å². The van der Waals surface area contributed by atoms with E-state index in [-0.39, 0.29) is 6.54 Å². The average Bonchev–Trinajstić information content (AvgIpc) is 2.33. The number of amides is 1. The van der Waals surface area contributed by atoms with Gasteiger partial charge in [0.1, 0.15) is 5.60 Å². The lowest BCUT2D eigenvalue weighted by Gasteiger charge is -2.18. The summed E-state index contributed by atoms with van der Waals surface area (Å²) in [5.41, 5.74) is 6.25. The smallest absolute Gasteiger partial charge is 0.408 e. The van der Waals surface area contributed by atoms with E-state index in [1.54, 1.807) is 33.0 Å². The van der Waals surface area contributed by atoms with Gasteiger partial charge in [-0.05, 0) is 26.8 Å². The number of carbonyl (C=O) groups is 1. The summed E-state index contributed by atoms with van der Waals surface area (Å²) in [6.07, 6.45) is 1.05. The number of nitrogens with two attached hydrogens (primary N) is 1. The molecule has 0 radical (unpaired) electrons. The topological polar surface area (TPSA) is 86.5 Å². The Morgan fingerprint density at radius 2 is 2.20 bits per heavy atom. The summed E-state index contributed by atoms with van der Waals surface area (Å²) in [6, 6.07) is 1.66. The fourth-order valence-electron chi connectivity index (χ4n) is 1.28. The van der Waals surface area contributed by atoms with Gasteiger partial charge in [-0.15, -0.1) is 0 Å². The van der Waals surface area contributed by atoms with Crippen molar-refractivity contribution < 1.29 is 14.3 Å². The molecular weight excluding hydrogens is 258 g/mol. The van der Waals surface area contributed by atoms with Crippen LogP contribution in [-0.4, -0.2) is 30.3 Å². The molecule has 0 bridgehead atoms. The predicted molar refractivity (Wildman–Crippen MR) is 76.3 cm³/mol. The van der Waals surface area contributed by atoms with Crippen LogP contribution in [-0.2, 0) is 4.74 Å². The van der Waals surface area contributed by atoms with Crippen molar-refractivity contribution >= 4 is 11.8 Å². The van der Waals surface area contributed by atoms with Gasteiger partial charge in [0.05, 0.1) is 19.3 Å². The van der Waals surface area contributed by atoms with Crippen LogP contribution >= 0.6 is 0 Å².